The van der Waals surface area contributed by atoms with Crippen LogP contribution in [0.3, 0.4) is 0 Å². The zero-order valence-corrected chi connectivity index (χ0v) is 11.9. The molecular formula is C16H16N2S. The number of aryl methyl sites for hydroxylation is 2. The fraction of sp³-hybridized carbons (Fsp3) is 0.188. The Kier molecular flexibility index (Phi) is 3.22. The molecule has 0 amide bonds. The molecule has 1 aromatic heterocycles. The van der Waals surface area contributed by atoms with E-state index in [9.17, 15) is 0 Å². The first-order valence-corrected chi connectivity index (χ1v) is 7.19. The van der Waals surface area contributed by atoms with Crippen molar-refractivity contribution in [3.8, 4) is 0 Å². The molecule has 0 saturated heterocycles. The number of benzene rings is 2. The maximum atomic E-state index is 4.47. The van der Waals surface area contributed by atoms with Crippen LogP contribution in [0.2, 0.25) is 0 Å². The third-order valence-corrected chi connectivity index (χ3v) is 4.01. The second-order valence-electron chi connectivity index (χ2n) is 4.76. The molecule has 1 heterocycles. The number of thiazole rings is 1. The Morgan fingerprint density at radius 1 is 1.11 bits per heavy atom. The molecule has 1 N–H and O–H groups in total. The molecule has 0 aliphatic heterocycles. The Balaban J connectivity index is 1.78. The molecule has 0 radical (unpaired) electrons. The SMILES string of the molecule is Cc1cccc(CNc2ccc3nc(C)sc3c2)c1. The van der Waals surface area contributed by atoms with E-state index in [1.165, 1.54) is 15.8 Å². The number of fused-ring (bicyclic) bond motifs is 1. The van der Waals surface area contributed by atoms with E-state index in [0.717, 1.165) is 22.8 Å². The van der Waals surface area contributed by atoms with Crippen LogP contribution in [-0.4, -0.2) is 4.98 Å². The van der Waals surface area contributed by atoms with Gasteiger partial charge in [0.25, 0.3) is 0 Å². The highest BCUT2D eigenvalue weighted by Gasteiger charge is 2.01. The van der Waals surface area contributed by atoms with Gasteiger partial charge in [0, 0.05) is 12.2 Å². The second-order valence-corrected chi connectivity index (χ2v) is 5.99. The topological polar surface area (TPSA) is 24.9 Å². The van der Waals surface area contributed by atoms with E-state index in [1.807, 2.05) is 6.92 Å². The lowest BCUT2D eigenvalue weighted by Crippen LogP contribution is -1.99. The standard InChI is InChI=1S/C16H16N2S/c1-11-4-3-5-13(8-11)10-17-14-6-7-15-16(9-14)19-12(2)18-15/h3-9,17H,10H2,1-2H3. The molecule has 2 aromatic carbocycles. The molecule has 0 aliphatic carbocycles. The molecule has 0 bridgehead atoms. The van der Waals surface area contributed by atoms with Crippen LogP contribution in [0.5, 0.6) is 0 Å². The Labute approximate surface area is 117 Å². The molecule has 3 rings (SSSR count). The fourth-order valence-electron chi connectivity index (χ4n) is 2.18. The maximum Gasteiger partial charge on any atom is 0.0907 e. The number of hydrogen-bond acceptors (Lipinski definition) is 3. The first kappa shape index (κ1) is 12.2. The highest BCUT2D eigenvalue weighted by atomic mass is 32.1. The van der Waals surface area contributed by atoms with Crippen molar-refractivity contribution in [1.29, 1.82) is 0 Å². The summed E-state index contributed by atoms with van der Waals surface area (Å²) in [6, 6.07) is 14.9. The zero-order chi connectivity index (χ0) is 13.2. The van der Waals surface area contributed by atoms with Gasteiger partial charge in [-0.25, -0.2) is 4.98 Å². The third kappa shape index (κ3) is 2.76. The summed E-state index contributed by atoms with van der Waals surface area (Å²) in [5, 5.41) is 4.58. The molecule has 2 nitrogen and oxygen atoms in total. The van der Waals surface area contributed by atoms with Crippen LogP contribution >= 0.6 is 11.3 Å². The lowest BCUT2D eigenvalue weighted by Gasteiger charge is -2.07. The second kappa shape index (κ2) is 5.02. The van der Waals surface area contributed by atoms with Gasteiger partial charge in [-0.2, -0.15) is 0 Å². The van der Waals surface area contributed by atoms with Crippen molar-refractivity contribution in [2.24, 2.45) is 0 Å². The third-order valence-electron chi connectivity index (χ3n) is 3.07. The van der Waals surface area contributed by atoms with Gasteiger partial charge in [0.15, 0.2) is 0 Å². The van der Waals surface area contributed by atoms with Crippen LogP contribution in [0.15, 0.2) is 42.5 Å². The quantitative estimate of drug-likeness (QED) is 0.755. The molecule has 3 heteroatoms. The van der Waals surface area contributed by atoms with E-state index in [1.54, 1.807) is 11.3 Å². The number of hydrogen-bond donors (Lipinski definition) is 1. The average Bonchev–Trinajstić information content (AvgIpc) is 2.75. The molecule has 0 fully saturated rings. The van der Waals surface area contributed by atoms with Gasteiger partial charge in [-0.3, -0.25) is 0 Å². The van der Waals surface area contributed by atoms with Crippen LogP contribution in [-0.2, 0) is 6.54 Å². The Hall–Kier alpha value is -1.87. The smallest absolute Gasteiger partial charge is 0.0907 e. The zero-order valence-electron chi connectivity index (χ0n) is 11.1. The van der Waals surface area contributed by atoms with Crippen LogP contribution < -0.4 is 5.32 Å². The Morgan fingerprint density at radius 2 is 2.00 bits per heavy atom. The van der Waals surface area contributed by atoms with Gasteiger partial charge >= 0.3 is 0 Å². The Bertz CT molecular complexity index is 716. The predicted molar refractivity (Wildman–Crippen MR) is 82.9 cm³/mol. The van der Waals surface area contributed by atoms with Crippen molar-refractivity contribution in [3.63, 3.8) is 0 Å². The lowest BCUT2D eigenvalue weighted by atomic mass is 10.1. The molecule has 3 aromatic rings. The van der Waals surface area contributed by atoms with Crippen molar-refractivity contribution in [1.82, 2.24) is 4.98 Å². The van der Waals surface area contributed by atoms with Crippen LogP contribution in [0.4, 0.5) is 5.69 Å². The number of aromatic nitrogens is 1. The van der Waals surface area contributed by atoms with E-state index in [2.05, 4.69) is 59.7 Å². The number of anilines is 1. The van der Waals surface area contributed by atoms with Gasteiger partial charge in [-0.15, -0.1) is 11.3 Å². The van der Waals surface area contributed by atoms with Gasteiger partial charge in [0.2, 0.25) is 0 Å². The summed E-state index contributed by atoms with van der Waals surface area (Å²) in [5.74, 6) is 0. The summed E-state index contributed by atoms with van der Waals surface area (Å²) >= 11 is 1.74. The van der Waals surface area contributed by atoms with E-state index >= 15 is 0 Å². The largest absolute Gasteiger partial charge is 0.381 e. The molecule has 96 valence electrons. The molecule has 0 aliphatic rings. The van der Waals surface area contributed by atoms with Crippen LogP contribution in [0, 0.1) is 13.8 Å². The van der Waals surface area contributed by atoms with Crippen molar-refractivity contribution in [2.45, 2.75) is 20.4 Å². The van der Waals surface area contributed by atoms with E-state index in [0.29, 0.717) is 0 Å². The number of nitrogens with one attached hydrogen (secondary N) is 1. The van der Waals surface area contributed by atoms with Crippen molar-refractivity contribution >= 4 is 27.2 Å². The predicted octanol–water partition coefficient (Wildman–Crippen LogP) is 4.53. The van der Waals surface area contributed by atoms with Crippen LogP contribution in [0.25, 0.3) is 10.2 Å². The minimum Gasteiger partial charge on any atom is -0.381 e. The lowest BCUT2D eigenvalue weighted by molar-refractivity contribution is 1.14. The summed E-state index contributed by atoms with van der Waals surface area (Å²) in [4.78, 5) is 4.47. The first-order valence-electron chi connectivity index (χ1n) is 6.37. The average molecular weight is 268 g/mol. The van der Waals surface area contributed by atoms with Gasteiger partial charge in [0.1, 0.15) is 0 Å². The van der Waals surface area contributed by atoms with Crippen molar-refractivity contribution in [2.75, 3.05) is 5.32 Å². The van der Waals surface area contributed by atoms with E-state index < -0.39 is 0 Å². The minimum atomic E-state index is 0.852. The molecule has 0 atom stereocenters. The summed E-state index contributed by atoms with van der Waals surface area (Å²) < 4.78 is 1.24. The number of rotatable bonds is 3. The van der Waals surface area contributed by atoms with Gasteiger partial charge < -0.3 is 5.32 Å². The van der Waals surface area contributed by atoms with Gasteiger partial charge in [-0.05, 0) is 37.6 Å². The molecule has 0 spiro atoms. The minimum absolute atomic E-state index is 0.852. The highest BCUT2D eigenvalue weighted by Crippen LogP contribution is 2.25. The molecule has 0 unspecified atom stereocenters. The van der Waals surface area contributed by atoms with Gasteiger partial charge in [0.05, 0.1) is 15.2 Å². The van der Waals surface area contributed by atoms with E-state index in [4.69, 9.17) is 0 Å². The van der Waals surface area contributed by atoms with Crippen molar-refractivity contribution in [3.05, 3.63) is 58.6 Å². The summed E-state index contributed by atoms with van der Waals surface area (Å²) in [6.45, 7) is 5.02. The highest BCUT2D eigenvalue weighted by molar-refractivity contribution is 7.18. The summed E-state index contributed by atoms with van der Waals surface area (Å²) in [7, 11) is 0. The monoisotopic (exact) mass is 268 g/mol. The Morgan fingerprint density at radius 3 is 2.84 bits per heavy atom. The van der Waals surface area contributed by atoms with Gasteiger partial charge in [-0.1, -0.05) is 29.8 Å². The molecular weight excluding hydrogens is 252 g/mol. The molecule has 19 heavy (non-hydrogen) atoms. The number of nitrogens with zero attached hydrogens (tertiary/aromatic N) is 1. The normalized spacial score (nSPS) is 10.8. The fourth-order valence-corrected chi connectivity index (χ4v) is 3.04. The maximum absolute atomic E-state index is 4.47. The van der Waals surface area contributed by atoms with E-state index in [-0.39, 0.29) is 0 Å². The first-order chi connectivity index (χ1) is 9.20. The van der Waals surface area contributed by atoms with Crippen LogP contribution in [0.1, 0.15) is 16.1 Å². The summed E-state index contributed by atoms with van der Waals surface area (Å²) in [5.41, 5.74) is 4.84. The molecule has 0 saturated carbocycles. The summed E-state index contributed by atoms with van der Waals surface area (Å²) in [6.07, 6.45) is 0. The van der Waals surface area contributed by atoms with Crippen molar-refractivity contribution < 1.29 is 0 Å².